The van der Waals surface area contributed by atoms with Crippen LogP contribution in [-0.2, 0) is 17.8 Å². The van der Waals surface area contributed by atoms with Gasteiger partial charge in [0, 0.05) is 38.3 Å². The molecule has 2 aromatic carbocycles. The Hall–Kier alpha value is -3.54. The van der Waals surface area contributed by atoms with Crippen LogP contribution in [0, 0.1) is 0 Å². The van der Waals surface area contributed by atoms with Crippen LogP contribution in [-0.4, -0.2) is 42.4 Å². The van der Waals surface area contributed by atoms with Crippen molar-refractivity contribution in [3.05, 3.63) is 89.9 Å². The maximum Gasteiger partial charge on any atom is 0.290 e. The number of hydrogen-bond donors (Lipinski definition) is 1. The fourth-order valence-electron chi connectivity index (χ4n) is 4.22. The Morgan fingerprint density at radius 2 is 1.78 bits per heavy atom. The molecule has 1 aliphatic rings. The van der Waals surface area contributed by atoms with Gasteiger partial charge in [0.25, 0.3) is 5.91 Å². The highest BCUT2D eigenvalue weighted by Gasteiger charge is 2.35. The van der Waals surface area contributed by atoms with Crippen molar-refractivity contribution in [3.8, 4) is 0 Å². The van der Waals surface area contributed by atoms with Crippen molar-refractivity contribution < 1.29 is 14.0 Å². The van der Waals surface area contributed by atoms with Crippen LogP contribution in [0.5, 0.6) is 0 Å². The van der Waals surface area contributed by atoms with E-state index in [2.05, 4.69) is 29.3 Å². The summed E-state index contributed by atoms with van der Waals surface area (Å²) in [6.45, 7) is 4.84. The second kappa shape index (κ2) is 10.2. The predicted octanol–water partition coefficient (Wildman–Crippen LogP) is 3.88. The summed E-state index contributed by atoms with van der Waals surface area (Å²) in [6.07, 6.45) is 2.80. The molecule has 6 heteroatoms. The summed E-state index contributed by atoms with van der Waals surface area (Å²) in [6, 6.07) is 21.0. The van der Waals surface area contributed by atoms with Crippen molar-refractivity contribution in [1.29, 1.82) is 0 Å². The molecule has 3 aromatic rings. The number of fused-ring (bicyclic) bond motifs is 1. The second-order valence-corrected chi connectivity index (χ2v) is 7.96. The van der Waals surface area contributed by atoms with E-state index in [9.17, 15) is 9.59 Å². The van der Waals surface area contributed by atoms with E-state index in [4.69, 9.17) is 4.42 Å². The summed E-state index contributed by atoms with van der Waals surface area (Å²) in [5, 5.41) is 3.05. The zero-order valence-electron chi connectivity index (χ0n) is 18.4. The Morgan fingerprint density at radius 3 is 2.50 bits per heavy atom. The molecule has 0 spiro atoms. The van der Waals surface area contributed by atoms with Crippen molar-refractivity contribution in [2.75, 3.05) is 24.5 Å². The van der Waals surface area contributed by atoms with Gasteiger partial charge in [-0.2, -0.15) is 0 Å². The lowest BCUT2D eigenvalue weighted by molar-refractivity contribution is -0.126. The van der Waals surface area contributed by atoms with Gasteiger partial charge in [-0.3, -0.25) is 9.59 Å². The number of carbonyl (C=O) groups excluding carboxylic acids is 2. The normalized spacial score (nSPS) is 15.2. The van der Waals surface area contributed by atoms with Crippen LogP contribution in [0.4, 0.5) is 5.69 Å². The molecular weight excluding hydrogens is 402 g/mol. The molecule has 6 nitrogen and oxygen atoms in total. The standard InChI is InChI=1S/C26H29N3O3/c1-2-28(22-12-4-3-5-13-22)16-9-15-27-25(30)23-18-20-10-6-7-11-21(20)19-29(23)26(31)24-14-8-17-32-24/h3-8,10-14,17,23H,2,9,15-16,18-19H2,1H3,(H,27,30). The highest BCUT2D eigenvalue weighted by atomic mass is 16.3. The number of furan rings is 1. The first-order valence-electron chi connectivity index (χ1n) is 11.2. The van der Waals surface area contributed by atoms with Crippen molar-refractivity contribution in [2.24, 2.45) is 0 Å². The molecule has 0 saturated heterocycles. The van der Waals surface area contributed by atoms with Crippen LogP contribution in [0.15, 0.2) is 77.4 Å². The van der Waals surface area contributed by atoms with Crippen LogP contribution in [0.25, 0.3) is 0 Å². The first-order chi connectivity index (χ1) is 15.7. The largest absolute Gasteiger partial charge is 0.459 e. The van der Waals surface area contributed by atoms with Gasteiger partial charge in [-0.05, 0) is 48.7 Å². The topological polar surface area (TPSA) is 65.8 Å². The van der Waals surface area contributed by atoms with Crippen LogP contribution in [0.1, 0.15) is 35.0 Å². The summed E-state index contributed by atoms with van der Waals surface area (Å²) in [4.78, 5) is 30.1. The van der Waals surface area contributed by atoms with Gasteiger partial charge < -0.3 is 19.5 Å². The molecular formula is C26H29N3O3. The van der Waals surface area contributed by atoms with Gasteiger partial charge in [0.05, 0.1) is 6.26 Å². The molecule has 1 N–H and O–H groups in total. The van der Waals surface area contributed by atoms with Gasteiger partial charge in [0.1, 0.15) is 6.04 Å². The first-order valence-corrected chi connectivity index (χ1v) is 11.2. The van der Waals surface area contributed by atoms with Gasteiger partial charge in [-0.25, -0.2) is 0 Å². The van der Waals surface area contributed by atoms with Crippen molar-refractivity contribution in [2.45, 2.75) is 32.4 Å². The highest BCUT2D eigenvalue weighted by molar-refractivity contribution is 5.96. The summed E-state index contributed by atoms with van der Waals surface area (Å²) in [7, 11) is 0. The van der Waals surface area contributed by atoms with Crippen molar-refractivity contribution >= 4 is 17.5 Å². The Morgan fingerprint density at radius 1 is 1.03 bits per heavy atom. The van der Waals surface area contributed by atoms with E-state index >= 15 is 0 Å². The fraction of sp³-hybridized carbons (Fsp3) is 0.308. The van der Waals surface area contributed by atoms with Gasteiger partial charge >= 0.3 is 0 Å². The van der Waals surface area contributed by atoms with Crippen LogP contribution >= 0.6 is 0 Å². The Bertz CT molecular complexity index is 1030. The highest BCUT2D eigenvalue weighted by Crippen LogP contribution is 2.25. The van der Waals surface area contributed by atoms with E-state index in [-0.39, 0.29) is 17.6 Å². The van der Waals surface area contributed by atoms with Gasteiger partial charge in [0.2, 0.25) is 5.91 Å². The molecule has 4 rings (SSSR count). The zero-order valence-corrected chi connectivity index (χ0v) is 18.4. The number of nitrogens with zero attached hydrogens (tertiary/aromatic N) is 2. The van der Waals surface area contributed by atoms with E-state index in [1.807, 2.05) is 42.5 Å². The molecule has 1 atom stereocenters. The molecule has 1 aromatic heterocycles. The van der Waals surface area contributed by atoms with Gasteiger partial charge in [0.15, 0.2) is 5.76 Å². The summed E-state index contributed by atoms with van der Waals surface area (Å²) < 4.78 is 5.32. The average molecular weight is 432 g/mol. The molecule has 0 saturated carbocycles. The summed E-state index contributed by atoms with van der Waals surface area (Å²) in [5.41, 5.74) is 3.36. The quantitative estimate of drug-likeness (QED) is 0.550. The molecule has 0 fully saturated rings. The molecule has 32 heavy (non-hydrogen) atoms. The lowest BCUT2D eigenvalue weighted by Gasteiger charge is -2.35. The maximum atomic E-state index is 13.1. The van der Waals surface area contributed by atoms with E-state index < -0.39 is 6.04 Å². The minimum Gasteiger partial charge on any atom is -0.459 e. The third-order valence-corrected chi connectivity index (χ3v) is 5.95. The van der Waals surface area contributed by atoms with Gasteiger partial charge in [-0.1, -0.05) is 42.5 Å². The van der Waals surface area contributed by atoms with Crippen molar-refractivity contribution in [3.63, 3.8) is 0 Å². The van der Waals surface area contributed by atoms with Crippen molar-refractivity contribution in [1.82, 2.24) is 10.2 Å². The smallest absolute Gasteiger partial charge is 0.290 e. The van der Waals surface area contributed by atoms with E-state index in [1.54, 1.807) is 17.0 Å². The molecule has 1 unspecified atom stereocenters. The first kappa shape index (κ1) is 21.7. The van der Waals surface area contributed by atoms with E-state index in [1.165, 1.54) is 12.0 Å². The number of nitrogens with one attached hydrogen (secondary N) is 1. The van der Waals surface area contributed by atoms with E-state index in [0.29, 0.717) is 19.5 Å². The van der Waals surface area contributed by atoms with Crippen LogP contribution in [0.2, 0.25) is 0 Å². The number of amides is 2. The summed E-state index contributed by atoms with van der Waals surface area (Å²) >= 11 is 0. The number of rotatable bonds is 8. The average Bonchev–Trinajstić information content (AvgIpc) is 3.38. The molecule has 1 aliphatic heterocycles. The molecule has 0 bridgehead atoms. The minimum atomic E-state index is -0.557. The van der Waals surface area contributed by atoms with Crippen LogP contribution < -0.4 is 10.2 Å². The lowest BCUT2D eigenvalue weighted by atomic mass is 9.93. The molecule has 0 aliphatic carbocycles. The Kier molecular flexibility index (Phi) is 6.90. The van der Waals surface area contributed by atoms with Crippen LogP contribution in [0.3, 0.4) is 0 Å². The Labute approximate surface area is 188 Å². The molecule has 166 valence electrons. The number of hydrogen-bond acceptors (Lipinski definition) is 4. The SMILES string of the molecule is CCN(CCCNC(=O)C1Cc2ccccc2CN1C(=O)c1ccco1)c1ccccc1. The minimum absolute atomic E-state index is 0.123. The second-order valence-electron chi connectivity index (χ2n) is 7.96. The predicted molar refractivity (Wildman–Crippen MR) is 124 cm³/mol. The Balaban J connectivity index is 1.39. The van der Waals surface area contributed by atoms with E-state index in [0.717, 1.165) is 30.6 Å². The zero-order chi connectivity index (χ0) is 22.3. The van der Waals surface area contributed by atoms with Gasteiger partial charge in [-0.15, -0.1) is 0 Å². The number of anilines is 1. The maximum absolute atomic E-state index is 13.1. The third-order valence-electron chi connectivity index (χ3n) is 5.95. The summed E-state index contributed by atoms with van der Waals surface area (Å²) in [5.74, 6) is -0.128. The number of carbonyl (C=O) groups is 2. The number of para-hydroxylation sites is 1. The third kappa shape index (κ3) is 4.85. The lowest BCUT2D eigenvalue weighted by Crippen LogP contribution is -2.52. The molecule has 2 amide bonds. The molecule has 0 radical (unpaired) electrons. The number of benzene rings is 2. The monoisotopic (exact) mass is 431 g/mol. The molecule has 2 heterocycles. The fourth-order valence-corrected chi connectivity index (χ4v) is 4.22.